The molecule has 2 heteroatoms. The molecule has 0 unspecified atom stereocenters. The Labute approximate surface area is 71.9 Å². The third-order valence-corrected chi connectivity index (χ3v) is 1.69. The first-order chi connectivity index (χ1) is 5.54. The van der Waals surface area contributed by atoms with E-state index in [1.165, 1.54) is 0 Å². The minimum atomic E-state index is 0.0983. The molecule has 0 aliphatic carbocycles. The van der Waals surface area contributed by atoms with Crippen molar-refractivity contribution in [1.29, 1.82) is 0 Å². The van der Waals surface area contributed by atoms with Crippen LogP contribution in [-0.4, -0.2) is 5.54 Å². The fourth-order valence-corrected chi connectivity index (χ4v) is 1.29. The molecule has 2 aromatic rings. The number of benzene rings is 1. The number of rotatable bonds is 1. The van der Waals surface area contributed by atoms with Crippen molar-refractivity contribution in [2.75, 3.05) is 5.32 Å². The predicted octanol–water partition coefficient (Wildman–Crippen LogP) is 3.08. The van der Waals surface area contributed by atoms with Gasteiger partial charge < -0.3 is 9.73 Å². The molecular weight excluding hydrogens is 150 g/mol. The van der Waals surface area contributed by atoms with Crippen LogP contribution in [0.25, 0.3) is 11.2 Å². The van der Waals surface area contributed by atoms with Gasteiger partial charge in [0.1, 0.15) is 5.58 Å². The van der Waals surface area contributed by atoms with Gasteiger partial charge in [-0.2, -0.15) is 0 Å². The molecule has 0 radical (unpaired) electrons. The zero-order valence-electron chi connectivity index (χ0n) is 7.64. The van der Waals surface area contributed by atoms with Crippen LogP contribution in [0.15, 0.2) is 22.6 Å². The highest BCUT2D eigenvalue weighted by Crippen LogP contribution is 2.28. The van der Waals surface area contributed by atoms with Gasteiger partial charge in [0, 0.05) is 11.6 Å². The van der Waals surface area contributed by atoms with E-state index in [1.54, 1.807) is 0 Å². The van der Waals surface area contributed by atoms with E-state index in [2.05, 4.69) is 26.1 Å². The molecule has 64 valence electrons. The summed E-state index contributed by atoms with van der Waals surface area (Å²) in [5.74, 6) is 0. The second kappa shape index (κ2) is 2.16. The number of hydrogen-bond donors (Lipinski definition) is 1. The van der Waals surface area contributed by atoms with E-state index in [0.29, 0.717) is 0 Å². The standard InChI is InChI=1S/C10H13NO/c1-10(2,3)11-8-6-7-4-5-9(8)12-7/h4-6,11H,1-3H3. The Kier molecular flexibility index (Phi) is 1.34. The lowest BCUT2D eigenvalue weighted by Gasteiger charge is -2.20. The first kappa shape index (κ1) is 7.47. The highest BCUT2D eigenvalue weighted by Gasteiger charge is 2.13. The maximum atomic E-state index is 5.40. The van der Waals surface area contributed by atoms with Crippen molar-refractivity contribution >= 4 is 16.9 Å². The molecule has 0 aromatic carbocycles. The largest absolute Gasteiger partial charge is 0.455 e. The number of furan rings is 2. The molecule has 0 amide bonds. The Balaban J connectivity index is 2.30. The first-order valence-electron chi connectivity index (χ1n) is 4.15. The summed E-state index contributed by atoms with van der Waals surface area (Å²) in [6.45, 7) is 6.40. The van der Waals surface area contributed by atoms with E-state index in [9.17, 15) is 0 Å². The zero-order valence-corrected chi connectivity index (χ0v) is 7.64. The van der Waals surface area contributed by atoms with Gasteiger partial charge in [-0.25, -0.2) is 0 Å². The SMILES string of the molecule is CC(C)(C)Nc1cc2ccc1o2. The molecule has 2 rings (SSSR count). The highest BCUT2D eigenvalue weighted by atomic mass is 16.3. The third-order valence-electron chi connectivity index (χ3n) is 1.69. The van der Waals surface area contributed by atoms with Crippen LogP contribution in [0.5, 0.6) is 0 Å². The van der Waals surface area contributed by atoms with Crippen LogP contribution in [0.1, 0.15) is 20.8 Å². The van der Waals surface area contributed by atoms with E-state index in [0.717, 1.165) is 16.9 Å². The Morgan fingerprint density at radius 1 is 1.25 bits per heavy atom. The summed E-state index contributed by atoms with van der Waals surface area (Å²) in [5, 5.41) is 3.38. The maximum absolute atomic E-state index is 5.40. The van der Waals surface area contributed by atoms with Crippen LogP contribution >= 0.6 is 0 Å². The minimum absolute atomic E-state index is 0.0983. The van der Waals surface area contributed by atoms with E-state index >= 15 is 0 Å². The van der Waals surface area contributed by atoms with E-state index in [-0.39, 0.29) is 5.54 Å². The summed E-state index contributed by atoms with van der Waals surface area (Å²) in [7, 11) is 0. The van der Waals surface area contributed by atoms with E-state index < -0.39 is 0 Å². The van der Waals surface area contributed by atoms with Crippen molar-refractivity contribution in [1.82, 2.24) is 0 Å². The monoisotopic (exact) mass is 163 g/mol. The van der Waals surface area contributed by atoms with Gasteiger partial charge in [-0.05, 0) is 32.9 Å². The summed E-state index contributed by atoms with van der Waals surface area (Å²) in [6.07, 6.45) is 0. The van der Waals surface area contributed by atoms with Gasteiger partial charge in [-0.1, -0.05) is 0 Å². The van der Waals surface area contributed by atoms with Gasteiger partial charge in [0.25, 0.3) is 0 Å². The van der Waals surface area contributed by atoms with Crippen molar-refractivity contribution in [3.63, 3.8) is 0 Å². The fraction of sp³-hybridized carbons (Fsp3) is 0.400. The average molecular weight is 163 g/mol. The second-order valence-electron chi connectivity index (χ2n) is 4.14. The molecule has 2 bridgehead atoms. The smallest absolute Gasteiger partial charge is 0.150 e. The molecule has 2 heterocycles. The van der Waals surface area contributed by atoms with Gasteiger partial charge >= 0.3 is 0 Å². The third kappa shape index (κ3) is 1.24. The molecule has 2 aromatic heterocycles. The fourth-order valence-electron chi connectivity index (χ4n) is 1.29. The highest BCUT2D eigenvalue weighted by molar-refractivity contribution is 5.79. The Morgan fingerprint density at radius 3 is 2.42 bits per heavy atom. The predicted molar refractivity (Wildman–Crippen MR) is 50.8 cm³/mol. The molecule has 12 heavy (non-hydrogen) atoms. The average Bonchev–Trinajstić information content (AvgIpc) is 2.42. The van der Waals surface area contributed by atoms with Crippen LogP contribution in [0, 0.1) is 0 Å². The number of anilines is 1. The first-order valence-corrected chi connectivity index (χ1v) is 4.15. The quantitative estimate of drug-likeness (QED) is 0.698. The zero-order chi connectivity index (χ0) is 8.77. The van der Waals surface area contributed by atoms with E-state index in [1.807, 2.05) is 18.2 Å². The number of hydrogen-bond acceptors (Lipinski definition) is 2. The lowest BCUT2D eigenvalue weighted by molar-refractivity contribution is 0.631. The van der Waals surface area contributed by atoms with Gasteiger partial charge in [-0.15, -0.1) is 0 Å². The number of nitrogens with one attached hydrogen (secondary N) is 1. The molecule has 0 atom stereocenters. The van der Waals surface area contributed by atoms with Crippen LogP contribution in [0.4, 0.5) is 5.69 Å². The van der Waals surface area contributed by atoms with Gasteiger partial charge in [0.15, 0.2) is 5.58 Å². The molecule has 0 fully saturated rings. The van der Waals surface area contributed by atoms with Crippen molar-refractivity contribution < 1.29 is 4.42 Å². The molecule has 0 saturated heterocycles. The van der Waals surface area contributed by atoms with Crippen molar-refractivity contribution in [3.05, 3.63) is 18.2 Å². The van der Waals surface area contributed by atoms with Crippen molar-refractivity contribution in [2.45, 2.75) is 26.3 Å². The van der Waals surface area contributed by atoms with Crippen LogP contribution in [-0.2, 0) is 0 Å². The summed E-state index contributed by atoms with van der Waals surface area (Å²) in [6, 6.07) is 5.99. The Morgan fingerprint density at radius 2 is 2.00 bits per heavy atom. The minimum Gasteiger partial charge on any atom is -0.455 e. The lowest BCUT2D eigenvalue weighted by atomic mass is 10.1. The van der Waals surface area contributed by atoms with E-state index in [4.69, 9.17) is 4.42 Å². The van der Waals surface area contributed by atoms with Crippen LogP contribution in [0.3, 0.4) is 0 Å². The molecule has 0 saturated carbocycles. The number of fused-ring (bicyclic) bond motifs is 2. The summed E-state index contributed by atoms with van der Waals surface area (Å²) < 4.78 is 5.40. The summed E-state index contributed by atoms with van der Waals surface area (Å²) in [4.78, 5) is 0. The van der Waals surface area contributed by atoms with Gasteiger partial charge in [0.05, 0.1) is 5.69 Å². The van der Waals surface area contributed by atoms with Gasteiger partial charge in [0.2, 0.25) is 0 Å². The second-order valence-corrected chi connectivity index (χ2v) is 4.14. The molecule has 1 N–H and O–H groups in total. The van der Waals surface area contributed by atoms with Crippen LogP contribution < -0.4 is 5.32 Å². The van der Waals surface area contributed by atoms with Crippen molar-refractivity contribution in [3.8, 4) is 0 Å². The molecule has 2 nitrogen and oxygen atoms in total. The normalized spacial score (nSPS) is 12.6. The van der Waals surface area contributed by atoms with Gasteiger partial charge in [-0.3, -0.25) is 0 Å². The summed E-state index contributed by atoms with van der Waals surface area (Å²) >= 11 is 0. The molecule has 0 spiro atoms. The Hall–Kier alpha value is -1.18. The summed E-state index contributed by atoms with van der Waals surface area (Å²) in [5.41, 5.74) is 3.08. The Bertz CT molecular complexity index is 369. The molecular formula is C10H13NO. The topological polar surface area (TPSA) is 25.2 Å². The molecule has 0 aliphatic rings. The van der Waals surface area contributed by atoms with Crippen LogP contribution in [0.2, 0.25) is 0 Å². The molecule has 0 aliphatic heterocycles. The lowest BCUT2D eigenvalue weighted by Crippen LogP contribution is -2.25. The maximum Gasteiger partial charge on any atom is 0.150 e. The van der Waals surface area contributed by atoms with Crippen molar-refractivity contribution in [2.24, 2.45) is 0 Å².